The van der Waals surface area contributed by atoms with E-state index < -0.39 is 0 Å². The number of benzene rings is 2. The van der Waals surface area contributed by atoms with Crippen LogP contribution in [0, 0.1) is 32.1 Å². The molecule has 0 atom stereocenters. The van der Waals surface area contributed by atoms with E-state index in [1.54, 1.807) is 12.1 Å². The van der Waals surface area contributed by atoms with Gasteiger partial charge in [-0.05, 0) is 61.7 Å². The first kappa shape index (κ1) is 12.2. The summed E-state index contributed by atoms with van der Waals surface area (Å²) in [5.41, 5.74) is 4.12. The lowest BCUT2D eigenvalue weighted by Gasteiger charge is -2.13. The predicted octanol–water partition coefficient (Wildman–Crippen LogP) is 4.28. The molecule has 0 fully saturated rings. The highest BCUT2D eigenvalue weighted by Gasteiger charge is 2.07. The molecule has 2 aromatic rings. The fourth-order valence-corrected chi connectivity index (χ4v) is 1.80. The second-order valence-electron chi connectivity index (χ2n) is 4.39. The van der Waals surface area contributed by atoms with Crippen molar-refractivity contribution in [3.05, 3.63) is 58.7 Å². The number of hydrogen-bond acceptors (Lipinski definition) is 2. The smallest absolute Gasteiger partial charge is 0.133 e. The third-order valence-corrected chi connectivity index (χ3v) is 3.08. The molecule has 0 heterocycles. The van der Waals surface area contributed by atoms with Crippen LogP contribution >= 0.6 is 0 Å². The van der Waals surface area contributed by atoms with Crippen molar-refractivity contribution in [3.8, 4) is 17.6 Å². The molecule has 0 saturated carbocycles. The molecule has 0 spiro atoms. The maximum absolute atomic E-state index is 8.75. The minimum absolute atomic E-state index is 0.639. The average Bonchev–Trinajstić information content (AvgIpc) is 2.40. The molecule has 18 heavy (non-hydrogen) atoms. The van der Waals surface area contributed by atoms with Crippen LogP contribution in [0.2, 0.25) is 0 Å². The van der Waals surface area contributed by atoms with Crippen LogP contribution in [0.3, 0.4) is 0 Å². The normalized spacial score (nSPS) is 9.89. The molecule has 2 nitrogen and oxygen atoms in total. The summed E-state index contributed by atoms with van der Waals surface area (Å²) >= 11 is 0. The number of rotatable bonds is 2. The Morgan fingerprint density at radius 2 is 1.50 bits per heavy atom. The van der Waals surface area contributed by atoms with Gasteiger partial charge in [0.05, 0.1) is 11.6 Å². The van der Waals surface area contributed by atoms with Crippen LogP contribution in [0.25, 0.3) is 0 Å². The topological polar surface area (TPSA) is 33.0 Å². The van der Waals surface area contributed by atoms with Gasteiger partial charge in [0.2, 0.25) is 0 Å². The predicted molar refractivity (Wildman–Crippen MR) is 71.9 cm³/mol. The maximum atomic E-state index is 8.75. The van der Waals surface area contributed by atoms with Crippen LogP contribution in [0.15, 0.2) is 36.4 Å². The maximum Gasteiger partial charge on any atom is 0.133 e. The molecule has 0 aliphatic rings. The van der Waals surface area contributed by atoms with Gasteiger partial charge in [-0.25, -0.2) is 0 Å². The standard InChI is InChI=1S/C16H15NO/c1-11-4-5-12(2)16(13(11)3)18-15-8-6-14(10-17)7-9-15/h4-9H,1-3H3. The molecule has 2 rings (SSSR count). The zero-order valence-electron chi connectivity index (χ0n) is 10.8. The average molecular weight is 237 g/mol. The molecule has 0 aromatic heterocycles. The van der Waals surface area contributed by atoms with Crippen LogP contribution in [-0.4, -0.2) is 0 Å². The molecule has 0 unspecified atom stereocenters. The molecule has 0 bridgehead atoms. The Balaban J connectivity index is 2.34. The number of nitrogens with zero attached hydrogens (tertiary/aromatic N) is 1. The number of ether oxygens (including phenoxy) is 1. The van der Waals surface area contributed by atoms with E-state index in [0.29, 0.717) is 5.56 Å². The van der Waals surface area contributed by atoms with Gasteiger partial charge >= 0.3 is 0 Å². The Bertz CT molecular complexity index is 606. The Hall–Kier alpha value is -2.27. The van der Waals surface area contributed by atoms with E-state index in [1.165, 1.54) is 5.56 Å². The highest BCUT2D eigenvalue weighted by atomic mass is 16.5. The van der Waals surface area contributed by atoms with Crippen molar-refractivity contribution in [2.75, 3.05) is 0 Å². The molecule has 0 saturated heterocycles. The van der Waals surface area contributed by atoms with E-state index in [0.717, 1.165) is 22.6 Å². The number of aryl methyl sites for hydroxylation is 2. The van der Waals surface area contributed by atoms with Gasteiger partial charge in [0.15, 0.2) is 0 Å². The molecule has 0 radical (unpaired) electrons. The van der Waals surface area contributed by atoms with Crippen LogP contribution in [0.4, 0.5) is 0 Å². The Kier molecular flexibility index (Phi) is 3.34. The summed E-state index contributed by atoms with van der Waals surface area (Å²) in [5.74, 6) is 1.66. The molecule has 2 aromatic carbocycles. The largest absolute Gasteiger partial charge is 0.457 e. The first-order valence-corrected chi connectivity index (χ1v) is 5.86. The molecule has 0 aliphatic carbocycles. The van der Waals surface area contributed by atoms with Crippen LogP contribution in [0.5, 0.6) is 11.5 Å². The molecule has 0 N–H and O–H groups in total. The van der Waals surface area contributed by atoms with Gasteiger partial charge in [0.1, 0.15) is 11.5 Å². The van der Waals surface area contributed by atoms with Gasteiger partial charge < -0.3 is 4.74 Å². The first-order chi connectivity index (χ1) is 8.61. The van der Waals surface area contributed by atoms with Gasteiger partial charge in [-0.3, -0.25) is 0 Å². The lowest BCUT2D eigenvalue weighted by atomic mass is 10.1. The quantitative estimate of drug-likeness (QED) is 0.781. The van der Waals surface area contributed by atoms with Crippen molar-refractivity contribution < 1.29 is 4.74 Å². The zero-order chi connectivity index (χ0) is 13.1. The van der Waals surface area contributed by atoms with E-state index in [2.05, 4.69) is 32.0 Å². The monoisotopic (exact) mass is 237 g/mol. The highest BCUT2D eigenvalue weighted by molar-refractivity contribution is 5.47. The SMILES string of the molecule is Cc1ccc(C)c(Oc2ccc(C#N)cc2)c1C. The second kappa shape index (κ2) is 4.93. The van der Waals surface area contributed by atoms with E-state index in [1.807, 2.05) is 19.1 Å². The zero-order valence-corrected chi connectivity index (χ0v) is 10.8. The van der Waals surface area contributed by atoms with Crippen molar-refractivity contribution in [2.45, 2.75) is 20.8 Å². The Morgan fingerprint density at radius 1 is 0.889 bits per heavy atom. The van der Waals surface area contributed by atoms with E-state index in [4.69, 9.17) is 10.00 Å². The summed E-state index contributed by atoms with van der Waals surface area (Å²) in [4.78, 5) is 0. The minimum atomic E-state index is 0.639. The molecule has 90 valence electrons. The molecular formula is C16H15NO. The third-order valence-electron chi connectivity index (χ3n) is 3.08. The number of nitriles is 1. The van der Waals surface area contributed by atoms with Crippen LogP contribution < -0.4 is 4.74 Å². The lowest BCUT2D eigenvalue weighted by Crippen LogP contribution is -1.93. The van der Waals surface area contributed by atoms with Crippen molar-refractivity contribution in [3.63, 3.8) is 0 Å². The van der Waals surface area contributed by atoms with Crippen molar-refractivity contribution in [1.82, 2.24) is 0 Å². The summed E-state index contributed by atoms with van der Waals surface area (Å²) in [5, 5.41) is 8.75. The lowest BCUT2D eigenvalue weighted by molar-refractivity contribution is 0.474. The Morgan fingerprint density at radius 3 is 2.11 bits per heavy atom. The summed E-state index contributed by atoms with van der Waals surface area (Å²) in [6.07, 6.45) is 0. The fraction of sp³-hybridized carbons (Fsp3) is 0.188. The van der Waals surface area contributed by atoms with Gasteiger partial charge in [0, 0.05) is 0 Å². The summed E-state index contributed by atoms with van der Waals surface area (Å²) < 4.78 is 5.91. The van der Waals surface area contributed by atoms with E-state index >= 15 is 0 Å². The van der Waals surface area contributed by atoms with E-state index in [9.17, 15) is 0 Å². The van der Waals surface area contributed by atoms with Crippen molar-refractivity contribution >= 4 is 0 Å². The third kappa shape index (κ3) is 2.36. The van der Waals surface area contributed by atoms with Gasteiger partial charge in [-0.15, -0.1) is 0 Å². The molecule has 0 amide bonds. The van der Waals surface area contributed by atoms with Crippen molar-refractivity contribution in [1.29, 1.82) is 5.26 Å². The Labute approximate surface area is 107 Å². The second-order valence-corrected chi connectivity index (χ2v) is 4.39. The summed E-state index contributed by atoms with van der Waals surface area (Å²) in [6.45, 7) is 6.16. The fourth-order valence-electron chi connectivity index (χ4n) is 1.80. The van der Waals surface area contributed by atoms with Crippen LogP contribution in [-0.2, 0) is 0 Å². The molecule has 2 heteroatoms. The summed E-state index contributed by atoms with van der Waals surface area (Å²) in [6, 6.07) is 13.4. The molecular weight excluding hydrogens is 222 g/mol. The summed E-state index contributed by atoms with van der Waals surface area (Å²) in [7, 11) is 0. The first-order valence-electron chi connectivity index (χ1n) is 5.86. The highest BCUT2D eigenvalue weighted by Crippen LogP contribution is 2.30. The number of hydrogen-bond donors (Lipinski definition) is 0. The van der Waals surface area contributed by atoms with Gasteiger partial charge in [0.25, 0.3) is 0 Å². The van der Waals surface area contributed by atoms with Gasteiger partial charge in [-0.1, -0.05) is 12.1 Å². The van der Waals surface area contributed by atoms with E-state index in [-0.39, 0.29) is 0 Å². The van der Waals surface area contributed by atoms with Gasteiger partial charge in [-0.2, -0.15) is 5.26 Å². The van der Waals surface area contributed by atoms with Crippen molar-refractivity contribution in [2.24, 2.45) is 0 Å². The van der Waals surface area contributed by atoms with Crippen LogP contribution in [0.1, 0.15) is 22.3 Å². The minimum Gasteiger partial charge on any atom is -0.457 e. The molecule has 0 aliphatic heterocycles.